The number of amides is 2. The maximum atomic E-state index is 12.4. The van der Waals surface area contributed by atoms with Gasteiger partial charge in [0.25, 0.3) is 0 Å². The third-order valence-corrected chi connectivity index (χ3v) is 5.20. The number of hydrogen-bond donors (Lipinski definition) is 1. The Kier molecular flexibility index (Phi) is 6.53. The van der Waals surface area contributed by atoms with Crippen molar-refractivity contribution in [2.24, 2.45) is 11.8 Å². The van der Waals surface area contributed by atoms with E-state index in [0.29, 0.717) is 6.42 Å². The minimum absolute atomic E-state index is 0.0822. The topological polar surface area (TPSA) is 58.6 Å². The van der Waals surface area contributed by atoms with Crippen LogP contribution in [0.3, 0.4) is 0 Å². The molecule has 1 aliphatic carbocycles. The molecular formula is C19H34N2O3. The first-order chi connectivity index (χ1) is 11.2. The van der Waals surface area contributed by atoms with Crippen molar-refractivity contribution in [3.63, 3.8) is 0 Å². The number of rotatable bonds is 4. The molecule has 2 aliphatic rings. The molecular weight excluding hydrogens is 304 g/mol. The van der Waals surface area contributed by atoms with Gasteiger partial charge in [0, 0.05) is 25.6 Å². The van der Waals surface area contributed by atoms with Crippen LogP contribution in [0.15, 0.2) is 0 Å². The highest BCUT2D eigenvalue weighted by atomic mass is 16.6. The summed E-state index contributed by atoms with van der Waals surface area (Å²) in [7, 11) is 0. The van der Waals surface area contributed by atoms with Crippen molar-refractivity contribution in [2.45, 2.75) is 84.3 Å². The predicted molar refractivity (Wildman–Crippen MR) is 94.7 cm³/mol. The lowest BCUT2D eigenvalue weighted by Gasteiger charge is -2.37. The van der Waals surface area contributed by atoms with E-state index in [-0.39, 0.29) is 24.0 Å². The van der Waals surface area contributed by atoms with Crippen LogP contribution in [0.5, 0.6) is 0 Å². The lowest BCUT2D eigenvalue weighted by molar-refractivity contribution is -0.133. The highest BCUT2D eigenvalue weighted by Gasteiger charge is 2.31. The molecule has 0 unspecified atom stereocenters. The number of carbonyl (C=O) groups excluding carboxylic acids is 2. The smallest absolute Gasteiger partial charge is 0.407 e. The van der Waals surface area contributed by atoms with Crippen LogP contribution in [0.25, 0.3) is 0 Å². The molecule has 5 nitrogen and oxygen atoms in total. The first-order valence-electron chi connectivity index (χ1n) is 9.52. The quantitative estimate of drug-likeness (QED) is 0.850. The molecule has 0 radical (unpaired) electrons. The van der Waals surface area contributed by atoms with E-state index in [4.69, 9.17) is 4.74 Å². The molecule has 2 fully saturated rings. The van der Waals surface area contributed by atoms with Crippen LogP contribution >= 0.6 is 0 Å². The van der Waals surface area contributed by atoms with Gasteiger partial charge in [-0.25, -0.2) is 4.79 Å². The average molecular weight is 338 g/mol. The van der Waals surface area contributed by atoms with E-state index in [1.165, 1.54) is 25.7 Å². The summed E-state index contributed by atoms with van der Waals surface area (Å²) in [5.41, 5.74) is -0.482. The number of carbonyl (C=O) groups is 2. The van der Waals surface area contributed by atoms with Gasteiger partial charge in [-0.1, -0.05) is 32.6 Å². The Balaban J connectivity index is 1.73. The van der Waals surface area contributed by atoms with Gasteiger partial charge in [0.05, 0.1) is 0 Å². The summed E-state index contributed by atoms with van der Waals surface area (Å²) >= 11 is 0. The Morgan fingerprint density at radius 1 is 1.17 bits per heavy atom. The fourth-order valence-corrected chi connectivity index (χ4v) is 3.83. The maximum absolute atomic E-state index is 12.4. The fourth-order valence-electron chi connectivity index (χ4n) is 3.83. The van der Waals surface area contributed by atoms with Gasteiger partial charge < -0.3 is 15.0 Å². The third-order valence-electron chi connectivity index (χ3n) is 5.20. The molecule has 0 aromatic heterocycles. The van der Waals surface area contributed by atoms with Gasteiger partial charge in [0.2, 0.25) is 5.91 Å². The SMILES string of the molecule is C[C@@H]1CN(C(=O)CCC2CCCC2)CC[C@@H]1NC(=O)OC(C)(C)C. The molecule has 24 heavy (non-hydrogen) atoms. The van der Waals surface area contributed by atoms with Crippen LogP contribution in [0, 0.1) is 11.8 Å². The van der Waals surface area contributed by atoms with E-state index in [1.54, 1.807) is 0 Å². The van der Waals surface area contributed by atoms with Crippen molar-refractivity contribution in [1.29, 1.82) is 0 Å². The van der Waals surface area contributed by atoms with Crippen molar-refractivity contribution in [3.05, 3.63) is 0 Å². The molecule has 2 rings (SSSR count). The van der Waals surface area contributed by atoms with Crippen LogP contribution in [-0.2, 0) is 9.53 Å². The maximum Gasteiger partial charge on any atom is 0.407 e. The normalized spacial score (nSPS) is 25.6. The zero-order valence-corrected chi connectivity index (χ0v) is 15.8. The molecule has 5 heteroatoms. The second kappa shape index (κ2) is 8.21. The van der Waals surface area contributed by atoms with Gasteiger partial charge in [-0.3, -0.25) is 4.79 Å². The number of alkyl carbamates (subject to hydrolysis) is 1. The minimum atomic E-state index is -0.482. The molecule has 0 bridgehead atoms. The Labute approximate surface area is 146 Å². The summed E-state index contributed by atoms with van der Waals surface area (Å²) in [4.78, 5) is 26.3. The second-order valence-electron chi connectivity index (χ2n) is 8.55. The Morgan fingerprint density at radius 2 is 1.83 bits per heavy atom. The lowest BCUT2D eigenvalue weighted by atomic mass is 9.93. The largest absolute Gasteiger partial charge is 0.444 e. The van der Waals surface area contributed by atoms with E-state index in [0.717, 1.165) is 31.8 Å². The summed E-state index contributed by atoms with van der Waals surface area (Å²) in [5.74, 6) is 1.30. The highest BCUT2D eigenvalue weighted by Crippen LogP contribution is 2.29. The Morgan fingerprint density at radius 3 is 2.42 bits per heavy atom. The van der Waals surface area contributed by atoms with Gasteiger partial charge in [0.15, 0.2) is 0 Å². The minimum Gasteiger partial charge on any atom is -0.444 e. The van der Waals surface area contributed by atoms with Crippen LogP contribution in [0.4, 0.5) is 4.79 Å². The number of likely N-dealkylation sites (tertiary alicyclic amines) is 1. The number of nitrogens with zero attached hydrogens (tertiary/aromatic N) is 1. The van der Waals surface area contributed by atoms with Crippen molar-refractivity contribution in [2.75, 3.05) is 13.1 Å². The van der Waals surface area contributed by atoms with E-state index >= 15 is 0 Å². The molecule has 0 aromatic carbocycles. The molecule has 2 atom stereocenters. The van der Waals surface area contributed by atoms with E-state index in [9.17, 15) is 9.59 Å². The lowest BCUT2D eigenvalue weighted by Crippen LogP contribution is -2.52. The molecule has 1 heterocycles. The fraction of sp³-hybridized carbons (Fsp3) is 0.895. The van der Waals surface area contributed by atoms with E-state index in [1.807, 2.05) is 25.7 Å². The molecule has 0 aromatic rings. The molecule has 0 spiro atoms. The zero-order valence-electron chi connectivity index (χ0n) is 15.8. The summed E-state index contributed by atoms with van der Waals surface area (Å²) in [5, 5.41) is 2.96. The highest BCUT2D eigenvalue weighted by molar-refractivity contribution is 5.76. The van der Waals surface area contributed by atoms with E-state index in [2.05, 4.69) is 12.2 Å². The Bertz CT molecular complexity index is 438. The van der Waals surface area contributed by atoms with Crippen molar-refractivity contribution < 1.29 is 14.3 Å². The summed E-state index contributed by atoms with van der Waals surface area (Å²) in [6.07, 6.45) is 7.42. The molecule has 138 valence electrons. The van der Waals surface area contributed by atoms with Gasteiger partial charge in [-0.05, 0) is 45.4 Å². The van der Waals surface area contributed by atoms with Crippen molar-refractivity contribution in [3.8, 4) is 0 Å². The predicted octanol–water partition coefficient (Wildman–Crippen LogP) is 3.72. The first kappa shape index (κ1) is 19.1. The molecule has 1 aliphatic heterocycles. The number of nitrogens with one attached hydrogen (secondary N) is 1. The number of piperidine rings is 1. The summed E-state index contributed by atoms with van der Waals surface area (Å²) < 4.78 is 5.33. The molecule has 2 amide bonds. The zero-order chi connectivity index (χ0) is 17.7. The van der Waals surface area contributed by atoms with Crippen LogP contribution in [0.1, 0.15) is 72.6 Å². The van der Waals surface area contributed by atoms with Gasteiger partial charge >= 0.3 is 6.09 Å². The third kappa shape index (κ3) is 5.99. The van der Waals surface area contributed by atoms with Gasteiger partial charge in [0.1, 0.15) is 5.60 Å². The average Bonchev–Trinajstić information content (AvgIpc) is 2.98. The summed E-state index contributed by atoms with van der Waals surface area (Å²) in [6, 6.07) is 0.0822. The first-order valence-corrected chi connectivity index (χ1v) is 9.52. The molecule has 1 N–H and O–H groups in total. The van der Waals surface area contributed by atoms with Crippen LogP contribution < -0.4 is 5.32 Å². The van der Waals surface area contributed by atoms with E-state index < -0.39 is 5.60 Å². The molecule has 1 saturated heterocycles. The second-order valence-corrected chi connectivity index (χ2v) is 8.55. The standard InChI is InChI=1S/C19H34N2O3/c1-14-13-21(17(22)10-9-15-7-5-6-8-15)12-11-16(14)20-18(23)24-19(2,3)4/h14-16H,5-13H2,1-4H3,(H,20,23)/t14-,16+/m1/s1. The molecule has 1 saturated carbocycles. The Hall–Kier alpha value is -1.26. The van der Waals surface area contributed by atoms with Crippen LogP contribution in [-0.4, -0.2) is 41.6 Å². The van der Waals surface area contributed by atoms with Crippen molar-refractivity contribution >= 4 is 12.0 Å². The number of hydrogen-bond acceptors (Lipinski definition) is 3. The van der Waals surface area contributed by atoms with Crippen LogP contribution in [0.2, 0.25) is 0 Å². The number of ether oxygens (including phenoxy) is 1. The van der Waals surface area contributed by atoms with Gasteiger partial charge in [-0.2, -0.15) is 0 Å². The monoisotopic (exact) mass is 338 g/mol. The summed E-state index contributed by atoms with van der Waals surface area (Å²) in [6.45, 7) is 9.14. The van der Waals surface area contributed by atoms with Gasteiger partial charge in [-0.15, -0.1) is 0 Å². The van der Waals surface area contributed by atoms with Crippen molar-refractivity contribution in [1.82, 2.24) is 10.2 Å².